The minimum Gasteiger partial charge on any atom is -0.258 e. The normalized spacial score (nSPS) is 11.8. The molecular formula is C11H12N4O4S2. The zero-order valence-corrected chi connectivity index (χ0v) is 12.8. The summed E-state index contributed by atoms with van der Waals surface area (Å²) < 4.78 is 25.8. The smallest absolute Gasteiger partial charge is 0.258 e. The number of benzene rings is 1. The van der Waals surface area contributed by atoms with E-state index < -0.39 is 15.1 Å². The molecule has 1 aromatic heterocycles. The quantitative estimate of drug-likeness (QED) is 0.610. The molecule has 0 bridgehead atoms. The summed E-state index contributed by atoms with van der Waals surface area (Å²) in [6, 6.07) is 6.05. The van der Waals surface area contributed by atoms with Crippen molar-refractivity contribution in [3.05, 3.63) is 46.9 Å². The fourth-order valence-electron chi connectivity index (χ4n) is 1.44. The van der Waals surface area contributed by atoms with Crippen molar-refractivity contribution in [3.63, 3.8) is 0 Å². The number of nitrogens with zero attached hydrogens (tertiary/aromatic N) is 4. The van der Waals surface area contributed by atoms with Gasteiger partial charge in [-0.15, -0.1) is 0 Å². The largest absolute Gasteiger partial charge is 0.308 e. The van der Waals surface area contributed by atoms with Crippen LogP contribution in [0.1, 0.15) is 0 Å². The first-order valence-electron chi connectivity index (χ1n) is 5.70. The Balaban J connectivity index is 2.24. The van der Waals surface area contributed by atoms with Gasteiger partial charge in [-0.05, 0) is 6.07 Å². The van der Waals surface area contributed by atoms with Gasteiger partial charge in [-0.2, -0.15) is 12.7 Å². The Bertz CT molecular complexity index is 770. The van der Waals surface area contributed by atoms with E-state index in [4.69, 9.17) is 0 Å². The van der Waals surface area contributed by atoms with Gasteiger partial charge < -0.3 is 0 Å². The van der Waals surface area contributed by atoms with Crippen molar-refractivity contribution in [3.8, 4) is 0 Å². The SMILES string of the molecule is CN(C)S(=O)(=O)n1cnc(Sc2cccc([N+](=O)[O-])c2)c1. The van der Waals surface area contributed by atoms with E-state index >= 15 is 0 Å². The molecule has 0 radical (unpaired) electrons. The molecule has 0 fully saturated rings. The molecule has 10 heteroatoms. The Kier molecular flexibility index (Phi) is 4.30. The van der Waals surface area contributed by atoms with E-state index in [9.17, 15) is 18.5 Å². The second kappa shape index (κ2) is 5.84. The highest BCUT2D eigenvalue weighted by Gasteiger charge is 2.17. The van der Waals surface area contributed by atoms with Crippen LogP contribution in [0.2, 0.25) is 0 Å². The van der Waals surface area contributed by atoms with Crippen LogP contribution in [0.25, 0.3) is 0 Å². The van der Waals surface area contributed by atoms with Gasteiger partial charge in [0.1, 0.15) is 11.4 Å². The summed E-state index contributed by atoms with van der Waals surface area (Å²) >= 11 is 1.15. The van der Waals surface area contributed by atoms with Gasteiger partial charge in [0.2, 0.25) is 0 Å². The number of hydrogen-bond donors (Lipinski definition) is 0. The molecule has 1 heterocycles. The molecule has 112 valence electrons. The van der Waals surface area contributed by atoms with E-state index in [1.54, 1.807) is 12.1 Å². The lowest BCUT2D eigenvalue weighted by atomic mass is 10.3. The van der Waals surface area contributed by atoms with Gasteiger partial charge in [-0.3, -0.25) is 10.1 Å². The molecular weight excluding hydrogens is 316 g/mol. The maximum Gasteiger partial charge on any atom is 0.308 e. The van der Waals surface area contributed by atoms with Gasteiger partial charge in [0.25, 0.3) is 5.69 Å². The minimum absolute atomic E-state index is 0.0275. The Morgan fingerprint density at radius 1 is 1.38 bits per heavy atom. The first-order valence-corrected chi connectivity index (χ1v) is 7.91. The molecule has 0 saturated heterocycles. The average Bonchev–Trinajstić information content (AvgIpc) is 2.88. The average molecular weight is 328 g/mol. The number of aromatic nitrogens is 2. The van der Waals surface area contributed by atoms with Crippen molar-refractivity contribution in [1.82, 2.24) is 13.3 Å². The van der Waals surface area contributed by atoms with Crippen molar-refractivity contribution in [2.45, 2.75) is 9.92 Å². The molecule has 2 aromatic rings. The maximum absolute atomic E-state index is 11.9. The molecule has 0 aliphatic rings. The highest BCUT2D eigenvalue weighted by molar-refractivity contribution is 7.99. The van der Waals surface area contributed by atoms with Crippen LogP contribution in [0.5, 0.6) is 0 Å². The molecule has 0 atom stereocenters. The fourth-order valence-corrected chi connectivity index (χ4v) is 3.12. The van der Waals surface area contributed by atoms with Crippen molar-refractivity contribution in [1.29, 1.82) is 0 Å². The predicted octanol–water partition coefficient (Wildman–Crippen LogP) is 1.60. The second-order valence-corrected chi connectivity index (χ2v) is 7.33. The van der Waals surface area contributed by atoms with Crippen LogP contribution in [-0.2, 0) is 10.2 Å². The van der Waals surface area contributed by atoms with Crippen LogP contribution >= 0.6 is 11.8 Å². The minimum atomic E-state index is -3.60. The molecule has 0 aliphatic heterocycles. The number of imidazole rings is 1. The lowest BCUT2D eigenvalue weighted by Gasteiger charge is -2.10. The third-order valence-corrected chi connectivity index (χ3v) is 5.08. The Hall–Kier alpha value is -1.91. The number of nitro benzene ring substituents is 1. The van der Waals surface area contributed by atoms with Gasteiger partial charge >= 0.3 is 10.2 Å². The van der Waals surface area contributed by atoms with E-state index in [2.05, 4.69) is 4.98 Å². The van der Waals surface area contributed by atoms with Crippen LogP contribution in [0, 0.1) is 10.1 Å². The molecule has 0 N–H and O–H groups in total. The molecule has 0 aliphatic carbocycles. The van der Waals surface area contributed by atoms with E-state index in [1.165, 1.54) is 38.8 Å². The summed E-state index contributed by atoms with van der Waals surface area (Å²) in [4.78, 5) is 14.8. The molecule has 0 saturated carbocycles. The molecule has 0 spiro atoms. The summed E-state index contributed by atoms with van der Waals surface area (Å²) in [6.45, 7) is 0. The van der Waals surface area contributed by atoms with Crippen LogP contribution in [-0.4, -0.2) is 40.7 Å². The lowest BCUT2D eigenvalue weighted by Crippen LogP contribution is -2.27. The van der Waals surface area contributed by atoms with Crippen molar-refractivity contribution in [2.75, 3.05) is 14.1 Å². The molecule has 0 amide bonds. The zero-order valence-electron chi connectivity index (χ0n) is 11.2. The lowest BCUT2D eigenvalue weighted by molar-refractivity contribution is -0.385. The maximum atomic E-state index is 11.9. The van der Waals surface area contributed by atoms with Crippen LogP contribution < -0.4 is 0 Å². The zero-order chi connectivity index (χ0) is 15.6. The first kappa shape index (κ1) is 15.5. The fraction of sp³-hybridized carbons (Fsp3) is 0.182. The molecule has 0 unspecified atom stereocenters. The van der Waals surface area contributed by atoms with Crippen LogP contribution in [0.3, 0.4) is 0 Å². The van der Waals surface area contributed by atoms with Crippen LogP contribution in [0.4, 0.5) is 5.69 Å². The third-order valence-electron chi connectivity index (χ3n) is 2.52. The van der Waals surface area contributed by atoms with E-state index in [0.717, 1.165) is 20.0 Å². The van der Waals surface area contributed by atoms with Gasteiger partial charge in [0.15, 0.2) is 0 Å². The van der Waals surface area contributed by atoms with Crippen molar-refractivity contribution < 1.29 is 13.3 Å². The number of non-ortho nitro benzene ring substituents is 1. The summed E-state index contributed by atoms with van der Waals surface area (Å²) in [7, 11) is -0.765. The van der Waals surface area contributed by atoms with E-state index in [0.29, 0.717) is 9.92 Å². The summed E-state index contributed by atoms with van der Waals surface area (Å²) in [5, 5.41) is 11.1. The monoisotopic (exact) mass is 328 g/mol. The van der Waals surface area contributed by atoms with Gasteiger partial charge in [-0.1, -0.05) is 17.8 Å². The van der Waals surface area contributed by atoms with Gasteiger partial charge in [0, 0.05) is 31.1 Å². The highest BCUT2D eigenvalue weighted by atomic mass is 32.2. The summed E-state index contributed by atoms with van der Waals surface area (Å²) in [5.41, 5.74) is -0.0275. The van der Waals surface area contributed by atoms with Gasteiger partial charge in [0.05, 0.1) is 11.1 Å². The van der Waals surface area contributed by atoms with Crippen LogP contribution in [0.15, 0.2) is 46.7 Å². The number of rotatable bonds is 5. The Labute approximate surface area is 125 Å². The number of hydrogen-bond acceptors (Lipinski definition) is 6. The standard InChI is InChI=1S/C11H12N4O4S2/c1-13(2)21(18,19)14-7-11(12-8-14)20-10-5-3-4-9(6-10)15(16)17/h3-8H,1-2H3. The predicted molar refractivity (Wildman–Crippen MR) is 77.5 cm³/mol. The van der Waals surface area contributed by atoms with Crippen molar-refractivity contribution in [2.24, 2.45) is 0 Å². The van der Waals surface area contributed by atoms with Crippen molar-refractivity contribution >= 4 is 27.7 Å². The highest BCUT2D eigenvalue weighted by Crippen LogP contribution is 2.28. The number of nitro groups is 1. The Morgan fingerprint density at radius 2 is 2.10 bits per heavy atom. The molecule has 1 aromatic carbocycles. The van der Waals surface area contributed by atoms with E-state index in [-0.39, 0.29) is 5.69 Å². The third kappa shape index (κ3) is 3.40. The topological polar surface area (TPSA) is 98.3 Å². The Morgan fingerprint density at radius 3 is 2.71 bits per heavy atom. The van der Waals surface area contributed by atoms with E-state index in [1.807, 2.05) is 0 Å². The molecule has 2 rings (SSSR count). The molecule has 21 heavy (non-hydrogen) atoms. The van der Waals surface area contributed by atoms with Gasteiger partial charge in [-0.25, -0.2) is 8.96 Å². The molecule has 8 nitrogen and oxygen atoms in total. The summed E-state index contributed by atoms with van der Waals surface area (Å²) in [5.74, 6) is 0. The second-order valence-electron chi connectivity index (χ2n) is 4.19. The summed E-state index contributed by atoms with van der Waals surface area (Å²) in [6.07, 6.45) is 2.55. The first-order chi connectivity index (χ1) is 9.80.